The first-order chi connectivity index (χ1) is 10.0. The molecule has 0 fully saturated rings. The highest BCUT2D eigenvalue weighted by atomic mass is 16.5. The van der Waals surface area contributed by atoms with Crippen LogP contribution in [0.15, 0.2) is 24.3 Å². The molecular weight excluding hydrogens is 274 g/mol. The Morgan fingerprint density at radius 2 is 1.67 bits per heavy atom. The second-order valence-electron chi connectivity index (χ2n) is 4.72. The van der Waals surface area contributed by atoms with Crippen LogP contribution in [0.5, 0.6) is 0 Å². The van der Waals surface area contributed by atoms with Gasteiger partial charge in [-0.15, -0.1) is 0 Å². The van der Waals surface area contributed by atoms with Crippen LogP contribution in [0.3, 0.4) is 0 Å². The molecule has 0 spiro atoms. The van der Waals surface area contributed by atoms with E-state index >= 15 is 0 Å². The standard InChI is InChI=1S/C15H15NO5/c1-10(17)21-8-4-5-11(18)9-16-14(19)12-6-2-3-7-13(12)15(16)20/h2-3,6-7H,4-5,8-9H2,1H3. The molecule has 0 aromatic heterocycles. The fourth-order valence-electron chi connectivity index (χ4n) is 2.12. The van der Waals surface area contributed by atoms with Gasteiger partial charge in [0.15, 0.2) is 5.78 Å². The third-order valence-corrected chi connectivity index (χ3v) is 3.12. The van der Waals surface area contributed by atoms with E-state index in [1.165, 1.54) is 6.92 Å². The number of Topliss-reactive ketones (excluding diaryl/α,β-unsaturated/α-hetero) is 1. The molecule has 6 nitrogen and oxygen atoms in total. The summed E-state index contributed by atoms with van der Waals surface area (Å²) in [5.74, 6) is -1.52. The lowest BCUT2D eigenvalue weighted by atomic mass is 10.1. The van der Waals surface area contributed by atoms with Crippen LogP contribution in [0, 0.1) is 0 Å². The summed E-state index contributed by atoms with van der Waals surface area (Å²) in [5.41, 5.74) is 0.658. The van der Waals surface area contributed by atoms with Crippen molar-refractivity contribution < 1.29 is 23.9 Å². The van der Waals surface area contributed by atoms with Crippen molar-refractivity contribution in [2.75, 3.05) is 13.2 Å². The van der Waals surface area contributed by atoms with E-state index in [1.807, 2.05) is 0 Å². The first kappa shape index (κ1) is 14.9. The second kappa shape index (κ2) is 6.30. The summed E-state index contributed by atoms with van der Waals surface area (Å²) >= 11 is 0. The summed E-state index contributed by atoms with van der Waals surface area (Å²) in [7, 11) is 0. The summed E-state index contributed by atoms with van der Waals surface area (Å²) in [6.45, 7) is 1.20. The van der Waals surface area contributed by atoms with Crippen LogP contribution in [0.25, 0.3) is 0 Å². The summed E-state index contributed by atoms with van der Waals surface area (Å²) in [5, 5.41) is 0. The molecule has 110 valence electrons. The van der Waals surface area contributed by atoms with E-state index < -0.39 is 17.8 Å². The summed E-state index contributed by atoms with van der Waals surface area (Å²) in [6.07, 6.45) is 0.530. The number of hydrogen-bond donors (Lipinski definition) is 0. The molecular formula is C15H15NO5. The van der Waals surface area contributed by atoms with Gasteiger partial charge in [-0.3, -0.25) is 24.1 Å². The normalized spacial score (nSPS) is 13.3. The first-order valence-electron chi connectivity index (χ1n) is 6.61. The van der Waals surface area contributed by atoms with Crippen LogP contribution in [0.4, 0.5) is 0 Å². The number of ketones is 1. The summed E-state index contributed by atoms with van der Waals surface area (Å²) in [6, 6.07) is 6.49. The second-order valence-corrected chi connectivity index (χ2v) is 4.72. The number of rotatable bonds is 6. The highest BCUT2D eigenvalue weighted by molar-refractivity contribution is 6.22. The average molecular weight is 289 g/mol. The number of esters is 1. The Hall–Kier alpha value is -2.50. The van der Waals surface area contributed by atoms with Gasteiger partial charge >= 0.3 is 5.97 Å². The Bertz CT molecular complexity index is 573. The molecule has 2 rings (SSSR count). The van der Waals surface area contributed by atoms with Crippen LogP contribution in [-0.2, 0) is 14.3 Å². The number of benzene rings is 1. The summed E-state index contributed by atoms with van der Waals surface area (Å²) < 4.78 is 4.72. The van der Waals surface area contributed by atoms with Crippen LogP contribution in [0.1, 0.15) is 40.5 Å². The van der Waals surface area contributed by atoms with Crippen LogP contribution in [0.2, 0.25) is 0 Å². The molecule has 0 atom stereocenters. The highest BCUT2D eigenvalue weighted by Crippen LogP contribution is 2.22. The smallest absolute Gasteiger partial charge is 0.302 e. The van der Waals surface area contributed by atoms with Crippen molar-refractivity contribution in [3.8, 4) is 0 Å². The maximum Gasteiger partial charge on any atom is 0.302 e. The van der Waals surface area contributed by atoms with Crippen molar-refractivity contribution in [1.82, 2.24) is 4.90 Å². The van der Waals surface area contributed by atoms with E-state index in [4.69, 9.17) is 4.74 Å². The van der Waals surface area contributed by atoms with Gasteiger partial charge in [-0.25, -0.2) is 0 Å². The van der Waals surface area contributed by atoms with Gasteiger partial charge < -0.3 is 4.74 Å². The van der Waals surface area contributed by atoms with Crippen molar-refractivity contribution in [3.63, 3.8) is 0 Å². The molecule has 1 aliphatic heterocycles. The molecule has 2 amide bonds. The molecule has 1 aromatic rings. The van der Waals surface area contributed by atoms with E-state index in [-0.39, 0.29) is 25.4 Å². The van der Waals surface area contributed by atoms with Crippen molar-refractivity contribution in [3.05, 3.63) is 35.4 Å². The lowest BCUT2D eigenvalue weighted by molar-refractivity contribution is -0.141. The van der Waals surface area contributed by atoms with Gasteiger partial charge in [0.05, 0.1) is 24.3 Å². The van der Waals surface area contributed by atoms with Gasteiger partial charge in [-0.1, -0.05) is 12.1 Å². The van der Waals surface area contributed by atoms with Gasteiger partial charge in [0.1, 0.15) is 0 Å². The van der Waals surface area contributed by atoms with Gasteiger partial charge in [0, 0.05) is 13.3 Å². The minimum Gasteiger partial charge on any atom is -0.466 e. The topological polar surface area (TPSA) is 80.8 Å². The van der Waals surface area contributed by atoms with E-state index in [0.717, 1.165) is 4.90 Å². The van der Waals surface area contributed by atoms with E-state index in [2.05, 4.69) is 0 Å². The third kappa shape index (κ3) is 3.34. The van der Waals surface area contributed by atoms with Gasteiger partial charge in [-0.2, -0.15) is 0 Å². The molecule has 1 heterocycles. The van der Waals surface area contributed by atoms with E-state index in [1.54, 1.807) is 24.3 Å². The lowest BCUT2D eigenvalue weighted by Gasteiger charge is -2.12. The minimum atomic E-state index is -0.441. The quantitative estimate of drug-likeness (QED) is 0.446. The van der Waals surface area contributed by atoms with Gasteiger partial charge in [-0.05, 0) is 18.6 Å². The molecule has 0 N–H and O–H groups in total. The third-order valence-electron chi connectivity index (χ3n) is 3.12. The number of ether oxygens (including phenoxy) is 1. The lowest BCUT2D eigenvalue weighted by Crippen LogP contribution is -2.34. The Morgan fingerprint density at radius 3 is 2.19 bits per heavy atom. The van der Waals surface area contributed by atoms with Crippen molar-refractivity contribution in [1.29, 1.82) is 0 Å². The maximum atomic E-state index is 12.0. The van der Waals surface area contributed by atoms with Crippen molar-refractivity contribution >= 4 is 23.6 Å². The zero-order valence-corrected chi connectivity index (χ0v) is 11.6. The van der Waals surface area contributed by atoms with Crippen LogP contribution in [-0.4, -0.2) is 41.6 Å². The number of hydrogen-bond acceptors (Lipinski definition) is 5. The number of carbonyl (C=O) groups is 4. The van der Waals surface area contributed by atoms with Gasteiger partial charge in [0.2, 0.25) is 0 Å². The number of nitrogens with zero attached hydrogens (tertiary/aromatic N) is 1. The molecule has 0 saturated heterocycles. The molecule has 0 unspecified atom stereocenters. The molecule has 0 saturated carbocycles. The zero-order valence-electron chi connectivity index (χ0n) is 11.6. The number of imide groups is 1. The molecule has 1 aliphatic rings. The van der Waals surface area contributed by atoms with Crippen LogP contribution >= 0.6 is 0 Å². The predicted octanol–water partition coefficient (Wildman–Crippen LogP) is 1.19. The van der Waals surface area contributed by atoms with Crippen molar-refractivity contribution in [2.24, 2.45) is 0 Å². The molecule has 6 heteroatoms. The fraction of sp³-hybridized carbons (Fsp3) is 0.333. The zero-order chi connectivity index (χ0) is 15.4. The monoisotopic (exact) mass is 289 g/mol. The molecule has 1 aromatic carbocycles. The summed E-state index contributed by atoms with van der Waals surface area (Å²) in [4.78, 5) is 47.4. The number of carbonyl (C=O) groups excluding carboxylic acids is 4. The SMILES string of the molecule is CC(=O)OCCCC(=O)CN1C(=O)c2ccccc2C1=O. The first-order valence-corrected chi connectivity index (χ1v) is 6.61. The minimum absolute atomic E-state index is 0.153. The maximum absolute atomic E-state index is 12.0. The van der Waals surface area contributed by atoms with Crippen molar-refractivity contribution in [2.45, 2.75) is 19.8 Å². The Morgan fingerprint density at radius 1 is 1.10 bits per heavy atom. The molecule has 0 aliphatic carbocycles. The Balaban J connectivity index is 1.90. The highest BCUT2D eigenvalue weighted by Gasteiger charge is 2.35. The molecule has 0 radical (unpaired) electrons. The Labute approximate surface area is 121 Å². The number of amides is 2. The Kier molecular flexibility index (Phi) is 4.47. The average Bonchev–Trinajstić information content (AvgIpc) is 2.69. The molecule has 0 bridgehead atoms. The van der Waals surface area contributed by atoms with E-state index in [0.29, 0.717) is 17.5 Å². The molecule has 21 heavy (non-hydrogen) atoms. The number of fused-ring (bicyclic) bond motifs is 1. The van der Waals surface area contributed by atoms with E-state index in [9.17, 15) is 19.2 Å². The fourth-order valence-corrected chi connectivity index (χ4v) is 2.12. The largest absolute Gasteiger partial charge is 0.466 e. The predicted molar refractivity (Wildman–Crippen MR) is 72.7 cm³/mol. The van der Waals surface area contributed by atoms with Crippen LogP contribution < -0.4 is 0 Å². The van der Waals surface area contributed by atoms with Gasteiger partial charge in [0.25, 0.3) is 11.8 Å².